The largest absolute Gasteiger partial charge is 0.382 e. The van der Waals surface area contributed by atoms with Gasteiger partial charge < -0.3 is 20.5 Å². The Kier molecular flexibility index (Phi) is 10.5. The summed E-state index contributed by atoms with van der Waals surface area (Å²) in [6.45, 7) is 10.2. The van der Waals surface area contributed by atoms with Crippen molar-refractivity contribution in [3.63, 3.8) is 0 Å². The molecule has 0 heterocycles. The first-order valence-electron chi connectivity index (χ1n) is 7.38. The van der Waals surface area contributed by atoms with Gasteiger partial charge in [0.2, 0.25) is 0 Å². The van der Waals surface area contributed by atoms with Gasteiger partial charge in [-0.1, -0.05) is 20.8 Å². The van der Waals surface area contributed by atoms with E-state index in [4.69, 9.17) is 15.2 Å². The van der Waals surface area contributed by atoms with E-state index in [-0.39, 0.29) is 6.10 Å². The highest BCUT2D eigenvalue weighted by molar-refractivity contribution is 4.74. The standard InChI is InChI=1S/C15H34N2O2/c1-15(2,3)13(8-9-16)7-6-10-17-11-14(19-5)12-18-4/h13-14,17H,6-12,16H2,1-5H3. The van der Waals surface area contributed by atoms with Crippen molar-refractivity contribution < 1.29 is 9.47 Å². The fourth-order valence-corrected chi connectivity index (χ4v) is 2.34. The third-order valence-electron chi connectivity index (χ3n) is 3.70. The van der Waals surface area contributed by atoms with E-state index in [0.29, 0.717) is 17.9 Å². The Morgan fingerprint density at radius 2 is 1.84 bits per heavy atom. The van der Waals surface area contributed by atoms with Crippen LogP contribution in [0.1, 0.15) is 40.0 Å². The third kappa shape index (κ3) is 9.38. The quantitative estimate of drug-likeness (QED) is 0.566. The first-order chi connectivity index (χ1) is 8.95. The van der Waals surface area contributed by atoms with E-state index in [2.05, 4.69) is 26.1 Å². The summed E-state index contributed by atoms with van der Waals surface area (Å²) in [4.78, 5) is 0. The second kappa shape index (κ2) is 10.6. The molecule has 0 fully saturated rings. The lowest BCUT2D eigenvalue weighted by atomic mass is 9.76. The summed E-state index contributed by atoms with van der Waals surface area (Å²) in [7, 11) is 3.43. The van der Waals surface area contributed by atoms with E-state index in [9.17, 15) is 0 Å². The average molecular weight is 274 g/mol. The minimum Gasteiger partial charge on any atom is -0.382 e. The van der Waals surface area contributed by atoms with Crippen LogP contribution in [0.15, 0.2) is 0 Å². The van der Waals surface area contributed by atoms with Crippen LogP contribution in [-0.2, 0) is 9.47 Å². The van der Waals surface area contributed by atoms with Crippen LogP contribution >= 0.6 is 0 Å². The van der Waals surface area contributed by atoms with E-state index in [0.717, 1.165) is 26.1 Å². The molecule has 0 aliphatic carbocycles. The van der Waals surface area contributed by atoms with E-state index >= 15 is 0 Å². The lowest BCUT2D eigenvalue weighted by molar-refractivity contribution is 0.0289. The summed E-state index contributed by atoms with van der Waals surface area (Å²) in [6.07, 6.45) is 3.68. The van der Waals surface area contributed by atoms with Crippen molar-refractivity contribution >= 4 is 0 Å². The van der Waals surface area contributed by atoms with Crippen LogP contribution < -0.4 is 11.1 Å². The molecule has 4 nitrogen and oxygen atoms in total. The molecular formula is C15H34N2O2. The summed E-state index contributed by atoms with van der Waals surface area (Å²) in [6, 6.07) is 0. The molecule has 19 heavy (non-hydrogen) atoms. The maximum absolute atomic E-state index is 5.70. The molecule has 0 saturated carbocycles. The number of rotatable bonds is 11. The minimum atomic E-state index is 0.146. The first kappa shape index (κ1) is 18.8. The Morgan fingerprint density at radius 3 is 2.32 bits per heavy atom. The van der Waals surface area contributed by atoms with Gasteiger partial charge in [-0.05, 0) is 43.7 Å². The molecule has 0 radical (unpaired) electrons. The first-order valence-corrected chi connectivity index (χ1v) is 7.38. The molecule has 0 aliphatic heterocycles. The van der Waals surface area contributed by atoms with Gasteiger partial charge in [0.15, 0.2) is 0 Å². The fraction of sp³-hybridized carbons (Fsp3) is 1.00. The van der Waals surface area contributed by atoms with E-state index in [1.165, 1.54) is 12.8 Å². The van der Waals surface area contributed by atoms with Crippen molar-refractivity contribution in [2.75, 3.05) is 40.5 Å². The molecule has 0 aliphatic rings. The molecule has 2 unspecified atom stereocenters. The van der Waals surface area contributed by atoms with Crippen LogP contribution in [0.2, 0.25) is 0 Å². The smallest absolute Gasteiger partial charge is 0.0928 e. The number of nitrogens with one attached hydrogen (secondary N) is 1. The van der Waals surface area contributed by atoms with Crippen LogP contribution in [0.4, 0.5) is 0 Å². The summed E-state index contributed by atoms with van der Waals surface area (Å²) < 4.78 is 10.4. The van der Waals surface area contributed by atoms with E-state index in [1.54, 1.807) is 14.2 Å². The zero-order chi connectivity index (χ0) is 14.7. The van der Waals surface area contributed by atoms with Gasteiger partial charge in [-0.2, -0.15) is 0 Å². The molecule has 0 saturated heterocycles. The van der Waals surface area contributed by atoms with Gasteiger partial charge in [0.25, 0.3) is 0 Å². The number of nitrogens with two attached hydrogens (primary N) is 1. The van der Waals surface area contributed by atoms with Gasteiger partial charge in [-0.25, -0.2) is 0 Å². The monoisotopic (exact) mass is 274 g/mol. The Labute approximate surface area is 119 Å². The Hall–Kier alpha value is -0.160. The normalized spacial score (nSPS) is 15.5. The summed E-state index contributed by atoms with van der Waals surface area (Å²) in [5.41, 5.74) is 6.05. The third-order valence-corrected chi connectivity index (χ3v) is 3.70. The molecule has 0 aromatic carbocycles. The summed E-state index contributed by atoms with van der Waals surface area (Å²) in [5.74, 6) is 0.705. The van der Waals surface area contributed by atoms with Gasteiger partial charge in [0.05, 0.1) is 12.7 Å². The summed E-state index contributed by atoms with van der Waals surface area (Å²) in [5, 5.41) is 3.43. The number of hydrogen-bond acceptors (Lipinski definition) is 4. The second-order valence-corrected chi connectivity index (χ2v) is 6.30. The molecule has 0 amide bonds. The molecule has 0 aromatic heterocycles. The molecule has 4 heteroatoms. The maximum Gasteiger partial charge on any atom is 0.0928 e. The molecular weight excluding hydrogens is 240 g/mol. The summed E-state index contributed by atoms with van der Waals surface area (Å²) >= 11 is 0. The molecule has 2 atom stereocenters. The van der Waals surface area contributed by atoms with Gasteiger partial charge in [-0.3, -0.25) is 0 Å². The van der Waals surface area contributed by atoms with Crippen LogP contribution in [0.5, 0.6) is 0 Å². The van der Waals surface area contributed by atoms with Gasteiger partial charge >= 0.3 is 0 Å². The van der Waals surface area contributed by atoms with Crippen LogP contribution in [0.3, 0.4) is 0 Å². The molecule has 0 bridgehead atoms. The lowest BCUT2D eigenvalue weighted by Crippen LogP contribution is -2.32. The van der Waals surface area contributed by atoms with Gasteiger partial charge in [-0.15, -0.1) is 0 Å². The fourth-order valence-electron chi connectivity index (χ4n) is 2.34. The van der Waals surface area contributed by atoms with Gasteiger partial charge in [0, 0.05) is 20.8 Å². The maximum atomic E-state index is 5.70. The molecule has 3 N–H and O–H groups in total. The lowest BCUT2D eigenvalue weighted by Gasteiger charge is -2.30. The Balaban J connectivity index is 3.76. The van der Waals surface area contributed by atoms with Crippen molar-refractivity contribution in [1.29, 1.82) is 0 Å². The molecule has 0 aromatic rings. The van der Waals surface area contributed by atoms with Gasteiger partial charge in [0.1, 0.15) is 0 Å². The molecule has 0 rings (SSSR count). The van der Waals surface area contributed by atoms with E-state index in [1.807, 2.05) is 0 Å². The predicted molar refractivity (Wildman–Crippen MR) is 81.4 cm³/mol. The second-order valence-electron chi connectivity index (χ2n) is 6.30. The zero-order valence-electron chi connectivity index (χ0n) is 13.5. The zero-order valence-corrected chi connectivity index (χ0v) is 13.5. The van der Waals surface area contributed by atoms with Crippen molar-refractivity contribution in [3.8, 4) is 0 Å². The highest BCUT2D eigenvalue weighted by atomic mass is 16.5. The number of ether oxygens (including phenoxy) is 2. The highest BCUT2D eigenvalue weighted by Crippen LogP contribution is 2.31. The van der Waals surface area contributed by atoms with Crippen LogP contribution in [0, 0.1) is 11.3 Å². The SMILES string of the molecule is COCC(CNCCCC(CCN)C(C)(C)C)OC. The highest BCUT2D eigenvalue weighted by Gasteiger charge is 2.23. The van der Waals surface area contributed by atoms with Crippen molar-refractivity contribution in [2.45, 2.75) is 46.1 Å². The average Bonchev–Trinajstić information content (AvgIpc) is 2.34. The van der Waals surface area contributed by atoms with E-state index < -0.39 is 0 Å². The topological polar surface area (TPSA) is 56.5 Å². The van der Waals surface area contributed by atoms with Crippen LogP contribution in [0.25, 0.3) is 0 Å². The molecule has 0 spiro atoms. The van der Waals surface area contributed by atoms with Crippen LogP contribution in [-0.4, -0.2) is 46.6 Å². The van der Waals surface area contributed by atoms with Crippen molar-refractivity contribution in [1.82, 2.24) is 5.32 Å². The minimum absolute atomic E-state index is 0.146. The predicted octanol–water partition coefficient (Wildman–Crippen LogP) is 2.03. The molecule has 116 valence electrons. The number of hydrogen-bond donors (Lipinski definition) is 2. The van der Waals surface area contributed by atoms with Crippen molar-refractivity contribution in [2.24, 2.45) is 17.1 Å². The Bertz CT molecular complexity index is 205. The Morgan fingerprint density at radius 1 is 1.16 bits per heavy atom. The number of methoxy groups -OCH3 is 2. The van der Waals surface area contributed by atoms with Crippen molar-refractivity contribution in [3.05, 3.63) is 0 Å².